The van der Waals surface area contributed by atoms with Crippen molar-refractivity contribution in [2.24, 2.45) is 5.73 Å². The lowest BCUT2D eigenvalue weighted by Gasteiger charge is -2.22. The van der Waals surface area contributed by atoms with Crippen LogP contribution in [0.4, 0.5) is 0 Å². The number of aromatic nitrogens is 2. The molecule has 0 aliphatic rings. The van der Waals surface area contributed by atoms with Gasteiger partial charge in [-0.3, -0.25) is 0 Å². The number of hydrogen-bond acceptors (Lipinski definition) is 2. The van der Waals surface area contributed by atoms with Crippen molar-refractivity contribution in [2.45, 2.75) is 19.3 Å². The lowest BCUT2D eigenvalue weighted by atomic mass is 9.85. The van der Waals surface area contributed by atoms with Gasteiger partial charge in [-0.05, 0) is 17.7 Å². The first-order chi connectivity index (χ1) is 6.63. The molecule has 0 saturated heterocycles. The summed E-state index contributed by atoms with van der Waals surface area (Å²) in [5, 5.41) is 0. The first kappa shape index (κ1) is 9.21. The second-order valence-electron chi connectivity index (χ2n) is 4.22. The summed E-state index contributed by atoms with van der Waals surface area (Å²) in [5.41, 5.74) is 9.08. The molecule has 3 heteroatoms. The number of benzene rings is 1. The Morgan fingerprint density at radius 3 is 2.93 bits per heavy atom. The van der Waals surface area contributed by atoms with Gasteiger partial charge in [-0.25, -0.2) is 4.98 Å². The molecular formula is C11H15N3. The minimum Gasteiger partial charge on any atom is -0.345 e. The molecule has 0 fully saturated rings. The summed E-state index contributed by atoms with van der Waals surface area (Å²) in [6, 6.07) is 6.24. The fourth-order valence-corrected chi connectivity index (χ4v) is 1.47. The van der Waals surface area contributed by atoms with Crippen LogP contribution in [0.25, 0.3) is 11.0 Å². The van der Waals surface area contributed by atoms with Gasteiger partial charge in [0.2, 0.25) is 0 Å². The third-order valence-corrected chi connectivity index (χ3v) is 2.71. The van der Waals surface area contributed by atoms with Crippen LogP contribution in [0.2, 0.25) is 0 Å². The molecule has 1 aromatic carbocycles. The Balaban J connectivity index is 2.53. The number of fused-ring (bicyclic) bond motifs is 1. The van der Waals surface area contributed by atoms with Crippen LogP contribution in [-0.2, 0) is 5.41 Å². The van der Waals surface area contributed by atoms with Crippen molar-refractivity contribution in [3.8, 4) is 0 Å². The summed E-state index contributed by atoms with van der Waals surface area (Å²) in [4.78, 5) is 7.29. The van der Waals surface area contributed by atoms with E-state index in [9.17, 15) is 0 Å². The molecule has 0 radical (unpaired) electrons. The molecule has 0 saturated carbocycles. The fraction of sp³-hybridized carbons (Fsp3) is 0.364. The van der Waals surface area contributed by atoms with Crippen molar-refractivity contribution in [1.82, 2.24) is 9.97 Å². The molecule has 0 aliphatic carbocycles. The predicted octanol–water partition coefficient (Wildman–Crippen LogP) is 1.80. The Morgan fingerprint density at radius 1 is 1.43 bits per heavy atom. The number of aromatic amines is 1. The molecule has 1 aromatic heterocycles. The molecule has 0 unspecified atom stereocenters. The highest BCUT2D eigenvalue weighted by atomic mass is 14.9. The number of H-pyrrole nitrogens is 1. The molecule has 0 aliphatic heterocycles. The molecule has 1 heterocycles. The maximum Gasteiger partial charge on any atom is 0.0931 e. The highest BCUT2D eigenvalue weighted by molar-refractivity contribution is 5.75. The molecule has 3 nitrogen and oxygen atoms in total. The van der Waals surface area contributed by atoms with Crippen LogP contribution in [0.1, 0.15) is 19.4 Å². The van der Waals surface area contributed by atoms with Gasteiger partial charge in [-0.2, -0.15) is 0 Å². The summed E-state index contributed by atoms with van der Waals surface area (Å²) in [6.07, 6.45) is 1.71. The van der Waals surface area contributed by atoms with E-state index in [1.807, 2.05) is 6.07 Å². The summed E-state index contributed by atoms with van der Waals surface area (Å²) in [7, 11) is 0. The fourth-order valence-electron chi connectivity index (χ4n) is 1.47. The first-order valence-corrected chi connectivity index (χ1v) is 4.77. The Bertz CT molecular complexity index is 442. The molecule has 74 valence electrons. The summed E-state index contributed by atoms with van der Waals surface area (Å²) >= 11 is 0. The van der Waals surface area contributed by atoms with Gasteiger partial charge in [0.15, 0.2) is 0 Å². The van der Waals surface area contributed by atoms with E-state index in [0.717, 1.165) is 11.0 Å². The van der Waals surface area contributed by atoms with Gasteiger partial charge in [0.25, 0.3) is 0 Å². The third kappa shape index (κ3) is 1.40. The number of imidazole rings is 1. The number of hydrogen-bond donors (Lipinski definition) is 2. The summed E-state index contributed by atoms with van der Waals surface area (Å²) in [6.45, 7) is 4.93. The van der Waals surface area contributed by atoms with Crippen LogP contribution >= 0.6 is 0 Å². The lowest BCUT2D eigenvalue weighted by molar-refractivity contribution is 0.539. The van der Waals surface area contributed by atoms with Crippen molar-refractivity contribution in [2.75, 3.05) is 6.54 Å². The maximum atomic E-state index is 5.73. The zero-order valence-corrected chi connectivity index (χ0v) is 8.54. The maximum absolute atomic E-state index is 5.73. The third-order valence-electron chi connectivity index (χ3n) is 2.71. The minimum atomic E-state index is 0.0271. The van der Waals surface area contributed by atoms with E-state index in [-0.39, 0.29) is 5.41 Å². The van der Waals surface area contributed by atoms with E-state index in [1.165, 1.54) is 5.56 Å². The van der Waals surface area contributed by atoms with Gasteiger partial charge < -0.3 is 10.7 Å². The van der Waals surface area contributed by atoms with E-state index in [2.05, 4.69) is 35.9 Å². The average molecular weight is 189 g/mol. The minimum absolute atomic E-state index is 0.0271. The van der Waals surface area contributed by atoms with Crippen LogP contribution in [-0.4, -0.2) is 16.5 Å². The summed E-state index contributed by atoms with van der Waals surface area (Å²) < 4.78 is 0. The van der Waals surface area contributed by atoms with E-state index < -0.39 is 0 Å². The quantitative estimate of drug-likeness (QED) is 0.756. The Labute approximate surface area is 83.3 Å². The van der Waals surface area contributed by atoms with Gasteiger partial charge in [0.05, 0.1) is 17.4 Å². The second kappa shape index (κ2) is 3.10. The van der Waals surface area contributed by atoms with Crippen LogP contribution in [0.15, 0.2) is 24.5 Å². The summed E-state index contributed by atoms with van der Waals surface area (Å²) in [5.74, 6) is 0. The zero-order valence-electron chi connectivity index (χ0n) is 8.54. The van der Waals surface area contributed by atoms with Gasteiger partial charge in [-0.15, -0.1) is 0 Å². The van der Waals surface area contributed by atoms with E-state index in [1.54, 1.807) is 6.33 Å². The predicted molar refractivity (Wildman–Crippen MR) is 58.2 cm³/mol. The smallest absolute Gasteiger partial charge is 0.0931 e. The van der Waals surface area contributed by atoms with E-state index in [0.29, 0.717) is 6.54 Å². The molecule has 0 bridgehead atoms. The molecule has 2 aromatic rings. The van der Waals surface area contributed by atoms with Crippen molar-refractivity contribution in [3.05, 3.63) is 30.1 Å². The second-order valence-corrected chi connectivity index (χ2v) is 4.22. The SMILES string of the molecule is CC(C)(CN)c1ccc2nc[nH]c2c1. The molecule has 0 atom stereocenters. The van der Waals surface area contributed by atoms with Crippen LogP contribution in [0.3, 0.4) is 0 Å². The Morgan fingerprint density at radius 2 is 2.21 bits per heavy atom. The highest BCUT2D eigenvalue weighted by Crippen LogP contribution is 2.24. The number of rotatable bonds is 2. The van der Waals surface area contributed by atoms with Gasteiger partial charge >= 0.3 is 0 Å². The molecular weight excluding hydrogens is 174 g/mol. The molecule has 3 N–H and O–H groups in total. The molecule has 14 heavy (non-hydrogen) atoms. The van der Waals surface area contributed by atoms with Crippen molar-refractivity contribution in [1.29, 1.82) is 0 Å². The van der Waals surface area contributed by atoms with Gasteiger partial charge in [-0.1, -0.05) is 19.9 Å². The normalized spacial score (nSPS) is 12.2. The monoisotopic (exact) mass is 189 g/mol. The standard InChI is InChI=1S/C11H15N3/c1-11(2,6-12)8-3-4-9-10(5-8)14-7-13-9/h3-5,7H,6,12H2,1-2H3,(H,13,14). The highest BCUT2D eigenvalue weighted by Gasteiger charge is 2.18. The lowest BCUT2D eigenvalue weighted by Crippen LogP contribution is -2.27. The van der Waals surface area contributed by atoms with Gasteiger partial charge in [0.1, 0.15) is 0 Å². The van der Waals surface area contributed by atoms with Crippen LogP contribution in [0, 0.1) is 0 Å². The number of nitrogens with zero attached hydrogens (tertiary/aromatic N) is 1. The van der Waals surface area contributed by atoms with Crippen molar-refractivity contribution in [3.63, 3.8) is 0 Å². The van der Waals surface area contributed by atoms with E-state index in [4.69, 9.17) is 5.73 Å². The van der Waals surface area contributed by atoms with Crippen LogP contribution in [0.5, 0.6) is 0 Å². The van der Waals surface area contributed by atoms with Crippen molar-refractivity contribution < 1.29 is 0 Å². The van der Waals surface area contributed by atoms with Crippen LogP contribution < -0.4 is 5.73 Å². The zero-order chi connectivity index (χ0) is 10.2. The molecule has 0 spiro atoms. The van der Waals surface area contributed by atoms with E-state index >= 15 is 0 Å². The topological polar surface area (TPSA) is 54.7 Å². The largest absolute Gasteiger partial charge is 0.345 e. The Kier molecular flexibility index (Phi) is 2.04. The molecule has 0 amide bonds. The molecule has 2 rings (SSSR count). The van der Waals surface area contributed by atoms with Gasteiger partial charge in [0, 0.05) is 12.0 Å². The Hall–Kier alpha value is -1.35. The van der Waals surface area contributed by atoms with Crippen molar-refractivity contribution >= 4 is 11.0 Å². The number of nitrogens with two attached hydrogens (primary N) is 1. The number of nitrogens with one attached hydrogen (secondary N) is 1. The first-order valence-electron chi connectivity index (χ1n) is 4.77. The average Bonchev–Trinajstić information content (AvgIpc) is 2.64.